The van der Waals surface area contributed by atoms with Crippen LogP contribution < -0.4 is 5.56 Å². The van der Waals surface area contributed by atoms with E-state index in [1.54, 1.807) is 10.9 Å². The van der Waals surface area contributed by atoms with Gasteiger partial charge < -0.3 is 0 Å². The molecule has 0 aliphatic heterocycles. The van der Waals surface area contributed by atoms with Gasteiger partial charge in [-0.2, -0.15) is 0 Å². The molecular formula is C24H23N5O. The maximum atomic E-state index is 13.5. The van der Waals surface area contributed by atoms with Gasteiger partial charge in [0.15, 0.2) is 11.3 Å². The maximum absolute atomic E-state index is 13.5. The van der Waals surface area contributed by atoms with Crippen LogP contribution in [0.4, 0.5) is 0 Å². The molecule has 0 aliphatic rings. The highest BCUT2D eigenvalue weighted by molar-refractivity contribution is 6.05. The Morgan fingerprint density at radius 1 is 0.967 bits per heavy atom. The van der Waals surface area contributed by atoms with Gasteiger partial charge >= 0.3 is 0 Å². The number of hydrogen-bond donors (Lipinski definition) is 0. The highest BCUT2D eigenvalue weighted by Crippen LogP contribution is 2.29. The highest BCUT2D eigenvalue weighted by atomic mass is 16.1. The van der Waals surface area contributed by atoms with Crippen LogP contribution in [0.5, 0.6) is 0 Å². The molecular weight excluding hydrogens is 374 g/mol. The molecule has 6 nitrogen and oxygen atoms in total. The normalized spacial score (nSPS) is 12.8. The highest BCUT2D eigenvalue weighted by Gasteiger charge is 2.22. The van der Waals surface area contributed by atoms with Crippen molar-refractivity contribution in [2.24, 2.45) is 0 Å². The maximum Gasteiger partial charge on any atom is 0.265 e. The number of aryl methyl sites for hydroxylation is 2. The van der Waals surface area contributed by atoms with Gasteiger partial charge in [0, 0.05) is 11.7 Å². The van der Waals surface area contributed by atoms with Gasteiger partial charge in [-0.05, 0) is 62.6 Å². The van der Waals surface area contributed by atoms with Crippen molar-refractivity contribution in [3.05, 3.63) is 70.3 Å². The topological polar surface area (TPSA) is 65.6 Å². The summed E-state index contributed by atoms with van der Waals surface area (Å²) in [7, 11) is 0. The summed E-state index contributed by atoms with van der Waals surface area (Å²) in [6.07, 6.45) is 2.49. The first kappa shape index (κ1) is 18.5. The molecule has 0 fully saturated rings. The van der Waals surface area contributed by atoms with E-state index in [9.17, 15) is 4.79 Å². The third kappa shape index (κ3) is 2.71. The molecule has 0 radical (unpaired) electrons. The smallest absolute Gasteiger partial charge is 0.265 e. The number of fused-ring (bicyclic) bond motifs is 4. The van der Waals surface area contributed by atoms with Gasteiger partial charge in [0.2, 0.25) is 0 Å². The zero-order chi connectivity index (χ0) is 21.0. The molecule has 6 heteroatoms. The fraction of sp³-hybridized carbons (Fsp3) is 0.250. The van der Waals surface area contributed by atoms with Crippen molar-refractivity contribution < 1.29 is 0 Å². The van der Waals surface area contributed by atoms with Crippen molar-refractivity contribution in [1.82, 2.24) is 24.1 Å². The summed E-state index contributed by atoms with van der Waals surface area (Å²) < 4.78 is 3.66. The summed E-state index contributed by atoms with van der Waals surface area (Å²) in [4.78, 5) is 28.0. The molecule has 0 spiro atoms. The Bertz CT molecular complexity index is 1470. The minimum atomic E-state index is -0.0768. The number of rotatable bonds is 3. The molecule has 1 atom stereocenters. The van der Waals surface area contributed by atoms with Gasteiger partial charge in [0.1, 0.15) is 17.2 Å². The van der Waals surface area contributed by atoms with Crippen LogP contribution in [-0.4, -0.2) is 24.1 Å². The molecule has 5 rings (SSSR count). The molecule has 0 amide bonds. The third-order valence-corrected chi connectivity index (χ3v) is 5.72. The molecule has 0 bridgehead atoms. The molecule has 150 valence electrons. The van der Waals surface area contributed by atoms with Crippen molar-refractivity contribution in [2.75, 3.05) is 0 Å². The monoisotopic (exact) mass is 397 g/mol. The molecule has 3 aromatic heterocycles. The molecule has 3 heterocycles. The van der Waals surface area contributed by atoms with Crippen LogP contribution in [0.25, 0.3) is 38.9 Å². The average molecular weight is 397 g/mol. The van der Waals surface area contributed by atoms with E-state index in [0.717, 1.165) is 34.3 Å². The van der Waals surface area contributed by atoms with Gasteiger partial charge in [0.25, 0.3) is 5.56 Å². The second kappa shape index (κ2) is 6.76. The zero-order valence-electron chi connectivity index (χ0n) is 17.5. The summed E-state index contributed by atoms with van der Waals surface area (Å²) >= 11 is 0. The number of para-hydroxylation sites is 2. The Balaban J connectivity index is 2.00. The molecule has 5 aromatic rings. The number of aromatic nitrogens is 5. The van der Waals surface area contributed by atoms with E-state index < -0.39 is 0 Å². The lowest BCUT2D eigenvalue weighted by molar-refractivity contribution is 0.510. The van der Waals surface area contributed by atoms with Crippen molar-refractivity contribution >= 4 is 33.2 Å². The summed E-state index contributed by atoms with van der Waals surface area (Å²) in [5.74, 6) is 0. The summed E-state index contributed by atoms with van der Waals surface area (Å²) in [5, 5.41) is 0.519. The van der Waals surface area contributed by atoms with E-state index in [0.29, 0.717) is 22.2 Å². The zero-order valence-corrected chi connectivity index (χ0v) is 17.5. The van der Waals surface area contributed by atoms with Gasteiger partial charge in [-0.15, -0.1) is 0 Å². The Labute approximate surface area is 173 Å². The largest absolute Gasteiger partial charge is 0.296 e. The Morgan fingerprint density at radius 3 is 2.30 bits per heavy atom. The van der Waals surface area contributed by atoms with Crippen LogP contribution in [0.2, 0.25) is 0 Å². The second-order valence-corrected chi connectivity index (χ2v) is 7.98. The molecule has 0 unspecified atom stereocenters. The predicted molar refractivity (Wildman–Crippen MR) is 120 cm³/mol. The number of hydrogen-bond acceptors (Lipinski definition) is 4. The first-order valence-electron chi connectivity index (χ1n) is 10.2. The fourth-order valence-corrected chi connectivity index (χ4v) is 4.08. The van der Waals surface area contributed by atoms with Crippen LogP contribution in [0.1, 0.15) is 37.4 Å². The Morgan fingerprint density at radius 2 is 1.63 bits per heavy atom. The summed E-state index contributed by atoms with van der Waals surface area (Å²) in [5.41, 5.74) is 6.54. The third-order valence-electron chi connectivity index (χ3n) is 5.72. The van der Waals surface area contributed by atoms with Crippen LogP contribution in [0.3, 0.4) is 0 Å². The first-order chi connectivity index (χ1) is 14.5. The van der Waals surface area contributed by atoms with E-state index >= 15 is 0 Å². The molecule has 0 N–H and O–H groups in total. The summed E-state index contributed by atoms with van der Waals surface area (Å²) in [6, 6.07) is 14.1. The van der Waals surface area contributed by atoms with Gasteiger partial charge in [-0.1, -0.05) is 25.1 Å². The minimum Gasteiger partial charge on any atom is -0.296 e. The minimum absolute atomic E-state index is 0.0578. The molecule has 30 heavy (non-hydrogen) atoms. The lowest BCUT2D eigenvalue weighted by atomic mass is 10.1. The SMILES string of the molecule is CC[C@@H](C)n1cnc2c(c1=O)c1nc3ccccc3nc1n2-c1cc(C)cc(C)c1. The first-order valence-corrected chi connectivity index (χ1v) is 10.2. The van der Waals surface area contributed by atoms with Crippen LogP contribution in [0, 0.1) is 13.8 Å². The number of benzene rings is 2. The van der Waals surface area contributed by atoms with E-state index in [1.165, 1.54) is 0 Å². The second-order valence-electron chi connectivity index (χ2n) is 7.98. The van der Waals surface area contributed by atoms with Crippen molar-refractivity contribution in [2.45, 2.75) is 40.2 Å². The van der Waals surface area contributed by atoms with Crippen molar-refractivity contribution in [3.8, 4) is 5.69 Å². The quantitative estimate of drug-likeness (QED) is 0.436. The van der Waals surface area contributed by atoms with Crippen molar-refractivity contribution in [3.63, 3.8) is 0 Å². The van der Waals surface area contributed by atoms with Crippen LogP contribution >= 0.6 is 0 Å². The lowest BCUT2D eigenvalue weighted by Crippen LogP contribution is -2.23. The average Bonchev–Trinajstić information content (AvgIpc) is 3.05. The fourth-order valence-electron chi connectivity index (χ4n) is 4.08. The van der Waals surface area contributed by atoms with E-state index in [2.05, 4.69) is 39.0 Å². The van der Waals surface area contributed by atoms with E-state index in [4.69, 9.17) is 15.0 Å². The van der Waals surface area contributed by atoms with Crippen LogP contribution in [-0.2, 0) is 0 Å². The van der Waals surface area contributed by atoms with Gasteiger partial charge in [-0.3, -0.25) is 13.9 Å². The molecule has 2 aromatic carbocycles. The molecule has 0 aliphatic carbocycles. The molecule has 0 saturated heterocycles. The van der Waals surface area contributed by atoms with Gasteiger partial charge in [0.05, 0.1) is 11.0 Å². The van der Waals surface area contributed by atoms with Crippen molar-refractivity contribution in [1.29, 1.82) is 0 Å². The Hall–Kier alpha value is -3.54. The standard InChI is InChI=1S/C24H23N5O/c1-5-16(4)28-13-25-22-20(24(28)30)21-23(27-19-9-7-6-8-18(19)26-21)29(22)17-11-14(2)10-15(3)12-17/h6-13,16H,5H2,1-4H3/t16-/m1/s1. The van der Waals surface area contributed by atoms with Gasteiger partial charge in [-0.25, -0.2) is 15.0 Å². The predicted octanol–water partition coefficient (Wildman–Crippen LogP) is 4.87. The van der Waals surface area contributed by atoms with E-state index in [1.807, 2.05) is 35.8 Å². The lowest BCUT2D eigenvalue weighted by Gasteiger charge is -2.12. The van der Waals surface area contributed by atoms with E-state index in [-0.39, 0.29) is 11.6 Å². The Kier molecular flexibility index (Phi) is 4.17. The number of nitrogens with zero attached hydrogens (tertiary/aromatic N) is 5. The molecule has 0 saturated carbocycles. The van der Waals surface area contributed by atoms with Crippen LogP contribution in [0.15, 0.2) is 53.6 Å². The summed E-state index contributed by atoms with van der Waals surface area (Å²) in [6.45, 7) is 8.22.